The zero-order valence-corrected chi connectivity index (χ0v) is 10.2. The molecule has 90 valence electrons. The number of carbonyl (C=O) groups is 1. The first-order chi connectivity index (χ1) is 8.00. The molecule has 1 aliphatic rings. The molecule has 17 heavy (non-hydrogen) atoms. The molecule has 0 aromatic heterocycles. The van der Waals surface area contributed by atoms with Crippen LogP contribution in [0.25, 0.3) is 0 Å². The third kappa shape index (κ3) is 2.02. The average molecular weight is 232 g/mol. The Balaban J connectivity index is 2.37. The molecule has 0 aliphatic carbocycles. The molecule has 1 aromatic rings. The van der Waals surface area contributed by atoms with Gasteiger partial charge >= 0.3 is 5.97 Å². The maximum absolute atomic E-state index is 11.3. The van der Waals surface area contributed by atoms with Crippen LogP contribution in [0.4, 0.5) is 0 Å². The van der Waals surface area contributed by atoms with Crippen molar-refractivity contribution in [3.8, 4) is 0 Å². The van der Waals surface area contributed by atoms with Gasteiger partial charge in [0.15, 0.2) is 0 Å². The Hall–Kier alpha value is -1.84. The van der Waals surface area contributed by atoms with E-state index in [1.807, 2.05) is 38.2 Å². The maximum atomic E-state index is 11.3. The van der Waals surface area contributed by atoms with Crippen molar-refractivity contribution >= 4 is 11.7 Å². The Bertz CT molecular complexity index is 465. The van der Waals surface area contributed by atoms with Crippen LogP contribution in [-0.2, 0) is 4.79 Å². The second-order valence-electron chi connectivity index (χ2n) is 4.49. The van der Waals surface area contributed by atoms with Gasteiger partial charge in [-0.2, -0.15) is 5.10 Å². The Morgan fingerprint density at radius 3 is 2.41 bits per heavy atom. The fourth-order valence-corrected chi connectivity index (χ4v) is 2.30. The highest BCUT2D eigenvalue weighted by Crippen LogP contribution is 2.34. The van der Waals surface area contributed by atoms with Crippen molar-refractivity contribution in [1.29, 1.82) is 0 Å². The van der Waals surface area contributed by atoms with Crippen LogP contribution in [0, 0.1) is 12.8 Å². The lowest BCUT2D eigenvalue weighted by Gasteiger charge is -2.23. The summed E-state index contributed by atoms with van der Waals surface area (Å²) in [5, 5.41) is 15.3. The number of aryl methyl sites for hydroxylation is 1. The molecule has 1 aliphatic heterocycles. The molecule has 0 spiro atoms. The first-order valence-electron chi connectivity index (χ1n) is 5.58. The molecule has 0 saturated heterocycles. The summed E-state index contributed by atoms with van der Waals surface area (Å²) in [6.07, 6.45) is 0. The highest BCUT2D eigenvalue weighted by molar-refractivity contribution is 6.02. The fourth-order valence-electron chi connectivity index (χ4n) is 2.30. The first-order valence-corrected chi connectivity index (χ1v) is 5.58. The van der Waals surface area contributed by atoms with E-state index in [1.165, 1.54) is 5.56 Å². The van der Waals surface area contributed by atoms with Crippen LogP contribution in [0.15, 0.2) is 29.4 Å². The van der Waals surface area contributed by atoms with Crippen molar-refractivity contribution in [3.63, 3.8) is 0 Å². The smallest absolute Gasteiger partial charge is 0.314 e. The maximum Gasteiger partial charge on any atom is 0.314 e. The molecule has 1 heterocycles. The summed E-state index contributed by atoms with van der Waals surface area (Å²) in [4.78, 5) is 11.3. The van der Waals surface area contributed by atoms with Crippen molar-refractivity contribution in [2.45, 2.75) is 19.9 Å². The number of hydrogen-bond donors (Lipinski definition) is 1. The van der Waals surface area contributed by atoms with Crippen molar-refractivity contribution in [2.24, 2.45) is 11.0 Å². The predicted octanol–water partition coefficient (Wildman–Crippen LogP) is 2.06. The van der Waals surface area contributed by atoms with E-state index in [0.29, 0.717) is 5.71 Å². The van der Waals surface area contributed by atoms with Gasteiger partial charge in [0.1, 0.15) is 5.92 Å². The molecule has 0 bridgehead atoms. The zero-order valence-electron chi connectivity index (χ0n) is 10.2. The second kappa shape index (κ2) is 4.20. The van der Waals surface area contributed by atoms with E-state index in [9.17, 15) is 9.90 Å². The molecular formula is C13H16N2O2. The number of benzene rings is 1. The minimum atomic E-state index is -0.818. The Morgan fingerprint density at radius 2 is 1.88 bits per heavy atom. The van der Waals surface area contributed by atoms with Gasteiger partial charge in [-0.15, -0.1) is 0 Å². The summed E-state index contributed by atoms with van der Waals surface area (Å²) in [7, 11) is 1.82. The Kier molecular flexibility index (Phi) is 2.88. The van der Waals surface area contributed by atoms with E-state index in [2.05, 4.69) is 5.10 Å². The number of carboxylic acids is 1. The van der Waals surface area contributed by atoms with Crippen LogP contribution < -0.4 is 0 Å². The number of hydrazone groups is 1. The highest BCUT2D eigenvalue weighted by Gasteiger charge is 2.39. The monoisotopic (exact) mass is 232 g/mol. The first kappa shape index (κ1) is 11.6. The summed E-state index contributed by atoms with van der Waals surface area (Å²) in [5.41, 5.74) is 2.82. The number of nitrogens with zero attached hydrogens (tertiary/aromatic N) is 2. The molecule has 0 amide bonds. The van der Waals surface area contributed by atoms with Crippen LogP contribution in [0.3, 0.4) is 0 Å². The Morgan fingerprint density at radius 1 is 1.29 bits per heavy atom. The predicted molar refractivity (Wildman–Crippen MR) is 65.9 cm³/mol. The average Bonchev–Trinajstić information content (AvgIpc) is 2.55. The van der Waals surface area contributed by atoms with Crippen LogP contribution in [-0.4, -0.2) is 28.8 Å². The van der Waals surface area contributed by atoms with E-state index in [0.717, 1.165) is 5.56 Å². The minimum absolute atomic E-state index is 0.201. The molecule has 2 atom stereocenters. The summed E-state index contributed by atoms with van der Waals surface area (Å²) < 4.78 is 0. The summed E-state index contributed by atoms with van der Waals surface area (Å²) >= 11 is 0. The zero-order chi connectivity index (χ0) is 12.6. The van der Waals surface area contributed by atoms with E-state index < -0.39 is 11.9 Å². The molecule has 2 rings (SSSR count). The minimum Gasteiger partial charge on any atom is -0.481 e. The molecule has 0 radical (unpaired) electrons. The highest BCUT2D eigenvalue weighted by atomic mass is 16.4. The summed E-state index contributed by atoms with van der Waals surface area (Å²) in [5.74, 6) is -1.37. The molecular weight excluding hydrogens is 216 g/mol. The quantitative estimate of drug-likeness (QED) is 0.849. The van der Waals surface area contributed by atoms with Gasteiger partial charge in [-0.3, -0.25) is 9.80 Å². The molecule has 0 fully saturated rings. The van der Waals surface area contributed by atoms with Gasteiger partial charge in [0.05, 0.1) is 11.8 Å². The van der Waals surface area contributed by atoms with Crippen molar-refractivity contribution in [1.82, 2.24) is 5.01 Å². The number of carboxylic acid groups (broad SMARTS) is 1. The third-order valence-corrected chi connectivity index (χ3v) is 3.17. The van der Waals surface area contributed by atoms with Crippen LogP contribution in [0.2, 0.25) is 0 Å². The summed E-state index contributed by atoms with van der Waals surface area (Å²) in [6.45, 7) is 3.78. The van der Waals surface area contributed by atoms with Crippen molar-refractivity contribution in [3.05, 3.63) is 35.4 Å². The van der Waals surface area contributed by atoms with Crippen molar-refractivity contribution in [2.75, 3.05) is 7.05 Å². The van der Waals surface area contributed by atoms with Gasteiger partial charge in [-0.1, -0.05) is 29.8 Å². The lowest BCUT2D eigenvalue weighted by Crippen LogP contribution is -2.28. The van der Waals surface area contributed by atoms with E-state index in [-0.39, 0.29) is 6.04 Å². The van der Waals surface area contributed by atoms with Gasteiger partial charge in [-0.05, 0) is 19.4 Å². The molecule has 2 unspecified atom stereocenters. The molecule has 1 N–H and O–H groups in total. The van der Waals surface area contributed by atoms with Gasteiger partial charge in [-0.25, -0.2) is 0 Å². The molecule has 4 heteroatoms. The largest absolute Gasteiger partial charge is 0.481 e. The lowest BCUT2D eigenvalue weighted by atomic mass is 9.90. The van der Waals surface area contributed by atoms with Gasteiger partial charge in [0.25, 0.3) is 0 Å². The van der Waals surface area contributed by atoms with Gasteiger partial charge in [0.2, 0.25) is 0 Å². The molecule has 4 nitrogen and oxygen atoms in total. The van der Waals surface area contributed by atoms with E-state index in [1.54, 1.807) is 11.9 Å². The Labute approximate surface area is 101 Å². The number of aliphatic carboxylic acids is 1. The van der Waals surface area contributed by atoms with Crippen LogP contribution in [0.1, 0.15) is 24.1 Å². The molecule has 0 saturated carbocycles. The fraction of sp³-hybridized carbons (Fsp3) is 0.385. The lowest BCUT2D eigenvalue weighted by molar-refractivity contribution is -0.140. The number of hydrogen-bond acceptors (Lipinski definition) is 3. The van der Waals surface area contributed by atoms with Gasteiger partial charge in [0, 0.05) is 7.05 Å². The normalized spacial score (nSPS) is 23.7. The number of rotatable bonds is 2. The summed E-state index contributed by atoms with van der Waals surface area (Å²) in [6, 6.07) is 7.74. The molecule has 1 aromatic carbocycles. The van der Waals surface area contributed by atoms with Crippen LogP contribution in [0.5, 0.6) is 0 Å². The van der Waals surface area contributed by atoms with E-state index in [4.69, 9.17) is 0 Å². The standard InChI is InChI=1S/C13H16N2O2/c1-8-4-6-10(7-5-8)12-11(13(16)17)9(2)14-15(12)3/h4-7,11-12H,1-3H3,(H,16,17). The SMILES string of the molecule is CC1=NN(C)C(c2ccc(C)cc2)C1C(=O)O. The topological polar surface area (TPSA) is 52.9 Å². The second-order valence-corrected chi connectivity index (χ2v) is 4.49. The van der Waals surface area contributed by atoms with Crippen LogP contribution >= 0.6 is 0 Å². The van der Waals surface area contributed by atoms with Crippen molar-refractivity contribution < 1.29 is 9.90 Å². The van der Waals surface area contributed by atoms with Gasteiger partial charge < -0.3 is 5.11 Å². The van der Waals surface area contributed by atoms with E-state index >= 15 is 0 Å². The third-order valence-electron chi connectivity index (χ3n) is 3.17.